The van der Waals surface area contributed by atoms with E-state index in [1.54, 1.807) is 6.07 Å². The Hall–Kier alpha value is 0.320. The monoisotopic (exact) mass is 333 g/mol. The van der Waals surface area contributed by atoms with E-state index in [1.807, 2.05) is 0 Å². The number of rotatable bonds is 1. The van der Waals surface area contributed by atoms with Gasteiger partial charge in [0.05, 0.1) is 0 Å². The molecule has 1 radical (unpaired) electrons. The lowest BCUT2D eigenvalue weighted by atomic mass is 10.4. The number of hydrogen-bond acceptors (Lipinski definition) is 1. The Morgan fingerprint density at radius 3 is 2.31 bits per heavy atom. The van der Waals surface area contributed by atoms with E-state index in [0.29, 0.717) is 8.95 Å². The predicted octanol–water partition coefficient (Wildman–Crippen LogP) is 4.62. The molecule has 0 bridgehead atoms. The van der Waals surface area contributed by atoms with Crippen molar-refractivity contribution < 1.29 is 13.2 Å². The third-order valence-corrected chi connectivity index (χ3v) is 2.56. The summed E-state index contributed by atoms with van der Waals surface area (Å²) in [6, 6.07) is 5.52. The van der Waals surface area contributed by atoms with E-state index in [0.717, 1.165) is 0 Å². The molecule has 1 aromatic carbocycles. The lowest BCUT2D eigenvalue weighted by Gasteiger charge is -2.05. The molecule has 13 heavy (non-hydrogen) atoms. The molecule has 0 atom stereocenters. The molecule has 0 amide bonds. The summed E-state index contributed by atoms with van der Waals surface area (Å²) in [5.74, 6) is 0. The van der Waals surface area contributed by atoms with Crippen molar-refractivity contribution in [2.75, 3.05) is 0 Å². The topological polar surface area (TPSA) is 0 Å². The van der Waals surface area contributed by atoms with Gasteiger partial charge in [-0.05, 0) is 23.9 Å². The van der Waals surface area contributed by atoms with Crippen LogP contribution in [0.5, 0.6) is 0 Å². The second-order valence-electron chi connectivity index (χ2n) is 2.06. The first kappa shape index (κ1) is 11.4. The average Bonchev–Trinajstić information content (AvgIpc) is 1.78. The zero-order valence-electron chi connectivity index (χ0n) is 5.95. The van der Waals surface area contributed by atoms with Gasteiger partial charge in [-0.15, -0.1) is 0 Å². The highest BCUT2D eigenvalue weighted by Gasteiger charge is 2.29. The molecule has 1 aromatic rings. The Kier molecular flexibility index (Phi) is 3.71. The molecular weight excluding hydrogens is 333 g/mol. The van der Waals surface area contributed by atoms with Crippen molar-refractivity contribution in [3.8, 4) is 0 Å². The number of benzene rings is 1. The zero-order chi connectivity index (χ0) is 10.1. The highest BCUT2D eigenvalue weighted by atomic mass is 79.9. The Bertz CT molecular complexity index is 291. The molecule has 0 aliphatic carbocycles. The minimum Gasteiger partial charge on any atom is -0.160 e. The van der Waals surface area contributed by atoms with Gasteiger partial charge in [0.15, 0.2) is 0 Å². The minimum atomic E-state index is -4.27. The summed E-state index contributed by atoms with van der Waals surface area (Å²) in [6.07, 6.45) is 0. The fourth-order valence-corrected chi connectivity index (χ4v) is 2.76. The Morgan fingerprint density at radius 2 is 1.85 bits per heavy atom. The van der Waals surface area contributed by atoms with Crippen LogP contribution in [-0.2, 0) is 0 Å². The lowest BCUT2D eigenvalue weighted by Crippen LogP contribution is -1.98. The number of thioether (sulfide) groups is 1. The molecule has 0 unspecified atom stereocenters. The SMILES string of the molecule is FC(F)(F)Sc1[c]c(Br)cc(Br)c1. The van der Waals surface area contributed by atoms with Crippen LogP contribution in [0, 0.1) is 6.07 Å². The van der Waals surface area contributed by atoms with Crippen LogP contribution in [0.1, 0.15) is 0 Å². The largest absolute Gasteiger partial charge is 0.446 e. The van der Waals surface area contributed by atoms with Gasteiger partial charge in [-0.2, -0.15) is 13.2 Å². The first-order valence-corrected chi connectivity index (χ1v) is 5.41. The van der Waals surface area contributed by atoms with E-state index in [9.17, 15) is 13.2 Å². The highest BCUT2D eigenvalue weighted by molar-refractivity contribution is 9.11. The second-order valence-corrected chi connectivity index (χ2v) is 4.94. The summed E-state index contributed by atoms with van der Waals surface area (Å²) in [4.78, 5) is 0.0359. The standard InChI is InChI=1S/C7H2Br2F3S/c8-4-1-5(9)3-6(2-4)13-7(10,11)12/h1-2H. The van der Waals surface area contributed by atoms with Crippen molar-refractivity contribution in [1.29, 1.82) is 0 Å². The molecule has 0 N–H and O–H groups in total. The van der Waals surface area contributed by atoms with Crippen LogP contribution in [0.2, 0.25) is 0 Å². The van der Waals surface area contributed by atoms with Gasteiger partial charge in [-0.1, -0.05) is 31.9 Å². The van der Waals surface area contributed by atoms with E-state index in [1.165, 1.54) is 6.07 Å². The summed E-state index contributed by atoms with van der Waals surface area (Å²) in [5, 5.41) is 0. The Morgan fingerprint density at radius 1 is 1.23 bits per heavy atom. The van der Waals surface area contributed by atoms with Crippen molar-refractivity contribution in [2.45, 2.75) is 10.4 Å². The van der Waals surface area contributed by atoms with Crippen LogP contribution in [0.15, 0.2) is 26.0 Å². The maximum Gasteiger partial charge on any atom is 0.446 e. The van der Waals surface area contributed by atoms with E-state index >= 15 is 0 Å². The molecule has 1 rings (SSSR count). The lowest BCUT2D eigenvalue weighted by molar-refractivity contribution is -0.0328. The summed E-state index contributed by atoms with van der Waals surface area (Å²) in [6.45, 7) is 0. The van der Waals surface area contributed by atoms with Crippen LogP contribution < -0.4 is 0 Å². The first-order chi connectivity index (χ1) is 5.87. The Balaban J connectivity index is 2.90. The van der Waals surface area contributed by atoms with Crippen molar-refractivity contribution in [2.24, 2.45) is 0 Å². The fourth-order valence-electron chi connectivity index (χ4n) is 0.657. The molecular formula is C7H2Br2F3S. The van der Waals surface area contributed by atoms with Gasteiger partial charge in [0.1, 0.15) is 0 Å². The zero-order valence-corrected chi connectivity index (χ0v) is 9.94. The van der Waals surface area contributed by atoms with Crippen molar-refractivity contribution in [3.05, 3.63) is 27.1 Å². The van der Waals surface area contributed by atoms with Crippen molar-refractivity contribution >= 4 is 43.6 Å². The predicted molar refractivity (Wildman–Crippen MR) is 52.6 cm³/mol. The van der Waals surface area contributed by atoms with Gasteiger partial charge in [0, 0.05) is 19.9 Å². The van der Waals surface area contributed by atoms with E-state index < -0.39 is 5.51 Å². The van der Waals surface area contributed by atoms with Gasteiger partial charge < -0.3 is 0 Å². The molecule has 0 aliphatic heterocycles. The quantitative estimate of drug-likeness (QED) is 0.675. The normalized spacial score (nSPS) is 11.8. The number of alkyl halides is 3. The first-order valence-electron chi connectivity index (χ1n) is 3.01. The summed E-state index contributed by atoms with van der Waals surface area (Å²) < 4.78 is 36.8. The third-order valence-electron chi connectivity index (χ3n) is 1.00. The van der Waals surface area contributed by atoms with Crippen LogP contribution in [0.4, 0.5) is 13.2 Å². The molecule has 0 saturated heterocycles. The summed E-state index contributed by atoms with van der Waals surface area (Å²) in [5.41, 5.74) is -4.27. The van der Waals surface area contributed by atoms with Gasteiger partial charge in [-0.25, -0.2) is 0 Å². The van der Waals surface area contributed by atoms with Gasteiger partial charge in [-0.3, -0.25) is 0 Å². The number of halogens is 5. The van der Waals surface area contributed by atoms with Gasteiger partial charge in [0.2, 0.25) is 0 Å². The van der Waals surface area contributed by atoms with Crippen molar-refractivity contribution in [3.63, 3.8) is 0 Å². The molecule has 0 spiro atoms. The molecule has 0 saturated carbocycles. The van der Waals surface area contributed by atoms with Crippen LogP contribution in [0.25, 0.3) is 0 Å². The highest BCUT2D eigenvalue weighted by Crippen LogP contribution is 2.38. The maximum absolute atomic E-state index is 11.9. The van der Waals surface area contributed by atoms with Crippen molar-refractivity contribution in [1.82, 2.24) is 0 Å². The number of hydrogen-bond donors (Lipinski definition) is 0. The van der Waals surface area contributed by atoms with E-state index in [-0.39, 0.29) is 16.7 Å². The maximum atomic E-state index is 11.9. The van der Waals surface area contributed by atoms with E-state index in [4.69, 9.17) is 0 Å². The molecule has 0 fully saturated rings. The molecule has 0 heterocycles. The smallest absolute Gasteiger partial charge is 0.160 e. The molecule has 0 aromatic heterocycles. The van der Waals surface area contributed by atoms with Gasteiger partial charge >= 0.3 is 5.51 Å². The fraction of sp³-hybridized carbons (Fsp3) is 0.143. The molecule has 0 aliphatic rings. The van der Waals surface area contributed by atoms with Gasteiger partial charge in [0.25, 0.3) is 0 Å². The molecule has 6 heteroatoms. The Labute approximate surface area is 94.2 Å². The third kappa shape index (κ3) is 4.37. The average molecular weight is 335 g/mol. The van der Waals surface area contributed by atoms with E-state index in [2.05, 4.69) is 37.9 Å². The molecule has 71 valence electrons. The van der Waals surface area contributed by atoms with Crippen LogP contribution in [-0.4, -0.2) is 5.51 Å². The molecule has 0 nitrogen and oxygen atoms in total. The van der Waals surface area contributed by atoms with Crippen LogP contribution in [0.3, 0.4) is 0 Å². The van der Waals surface area contributed by atoms with Crippen LogP contribution >= 0.6 is 43.6 Å². The summed E-state index contributed by atoms with van der Waals surface area (Å²) in [7, 11) is 0. The summed E-state index contributed by atoms with van der Waals surface area (Å²) >= 11 is 5.96. The second kappa shape index (κ2) is 4.23. The minimum absolute atomic E-state index is 0.0359.